The molecule has 0 bridgehead atoms. The van der Waals surface area contributed by atoms with Crippen LogP contribution in [-0.2, 0) is 4.79 Å². The highest BCUT2D eigenvalue weighted by atomic mass is 32.2. The molecule has 1 heterocycles. The van der Waals surface area contributed by atoms with E-state index in [4.69, 9.17) is 19.3 Å². The summed E-state index contributed by atoms with van der Waals surface area (Å²) < 4.78 is 16.1. The molecule has 3 N–H and O–H groups in total. The third-order valence-corrected chi connectivity index (χ3v) is 6.44. The zero-order valence-electron chi connectivity index (χ0n) is 19.2. The van der Waals surface area contributed by atoms with Crippen molar-refractivity contribution in [1.29, 1.82) is 0 Å². The first kappa shape index (κ1) is 25.1. The van der Waals surface area contributed by atoms with Crippen molar-refractivity contribution in [3.8, 4) is 28.7 Å². The van der Waals surface area contributed by atoms with Gasteiger partial charge in [-0.1, -0.05) is 37.3 Å². The molecule has 1 aliphatic heterocycles. The summed E-state index contributed by atoms with van der Waals surface area (Å²) in [4.78, 5) is 11.7. The summed E-state index contributed by atoms with van der Waals surface area (Å²) >= 11 is 1.77. The SMILES string of the molecule is COc1c(O)cccc1C(C)CC(=O)O.COc1ccc(C2CSc3ccccc3O2)cc1O. The minimum Gasteiger partial charge on any atom is -0.504 e. The Labute approximate surface area is 202 Å². The summed E-state index contributed by atoms with van der Waals surface area (Å²) in [7, 11) is 2.99. The lowest BCUT2D eigenvalue weighted by Crippen LogP contribution is -2.14. The average molecular weight is 485 g/mol. The molecule has 2 unspecified atom stereocenters. The van der Waals surface area contributed by atoms with Gasteiger partial charge in [-0.3, -0.25) is 4.79 Å². The van der Waals surface area contributed by atoms with Gasteiger partial charge in [-0.2, -0.15) is 0 Å². The van der Waals surface area contributed by atoms with E-state index in [0.29, 0.717) is 17.1 Å². The summed E-state index contributed by atoms with van der Waals surface area (Å²) in [6.45, 7) is 1.78. The van der Waals surface area contributed by atoms with Crippen LogP contribution in [-0.4, -0.2) is 41.3 Å². The van der Waals surface area contributed by atoms with Crippen molar-refractivity contribution in [3.63, 3.8) is 0 Å². The third-order valence-electron chi connectivity index (χ3n) is 5.32. The van der Waals surface area contributed by atoms with Crippen LogP contribution in [0.1, 0.15) is 36.5 Å². The average Bonchev–Trinajstić information content (AvgIpc) is 2.83. The quantitative estimate of drug-likeness (QED) is 0.415. The van der Waals surface area contributed by atoms with Gasteiger partial charge in [0.25, 0.3) is 0 Å². The van der Waals surface area contributed by atoms with Crippen LogP contribution in [0.5, 0.6) is 28.7 Å². The van der Waals surface area contributed by atoms with Gasteiger partial charge in [0.1, 0.15) is 11.9 Å². The molecular weight excluding hydrogens is 456 g/mol. The molecule has 3 aromatic rings. The van der Waals surface area contributed by atoms with Gasteiger partial charge in [-0.25, -0.2) is 0 Å². The molecule has 0 aromatic heterocycles. The predicted molar refractivity (Wildman–Crippen MR) is 131 cm³/mol. The minimum absolute atomic E-state index is 0.0137. The van der Waals surface area contributed by atoms with Gasteiger partial charge in [0, 0.05) is 16.2 Å². The van der Waals surface area contributed by atoms with E-state index in [9.17, 15) is 15.0 Å². The second-order valence-corrected chi connectivity index (χ2v) is 8.76. The van der Waals surface area contributed by atoms with Crippen LogP contribution >= 0.6 is 11.8 Å². The number of carboxylic acid groups (broad SMARTS) is 1. The van der Waals surface area contributed by atoms with Gasteiger partial charge in [0.15, 0.2) is 23.0 Å². The molecule has 7 nitrogen and oxygen atoms in total. The molecule has 0 fully saturated rings. The molecule has 0 saturated carbocycles. The highest BCUT2D eigenvalue weighted by Gasteiger charge is 2.22. The first-order chi connectivity index (χ1) is 16.3. The Balaban J connectivity index is 0.000000197. The fraction of sp³-hybridized carbons (Fsp3) is 0.269. The van der Waals surface area contributed by atoms with E-state index < -0.39 is 5.97 Å². The van der Waals surface area contributed by atoms with E-state index in [1.54, 1.807) is 43.0 Å². The maximum Gasteiger partial charge on any atom is 0.303 e. The molecular formula is C26H28O7S. The second-order valence-electron chi connectivity index (χ2n) is 7.69. The fourth-order valence-electron chi connectivity index (χ4n) is 3.62. The Bertz CT molecular complexity index is 1130. The van der Waals surface area contributed by atoms with Gasteiger partial charge in [0.2, 0.25) is 0 Å². The lowest BCUT2D eigenvalue weighted by Gasteiger charge is -2.26. The van der Waals surface area contributed by atoms with Crippen LogP contribution in [0.25, 0.3) is 0 Å². The molecule has 0 aliphatic carbocycles. The first-order valence-corrected chi connectivity index (χ1v) is 11.7. The van der Waals surface area contributed by atoms with Crippen molar-refractivity contribution in [3.05, 3.63) is 71.8 Å². The molecule has 8 heteroatoms. The van der Waals surface area contributed by atoms with Crippen molar-refractivity contribution in [2.45, 2.75) is 30.3 Å². The standard InChI is InChI=1S/C15H14O3S.C11H14O4/c1-17-12-7-6-10(8-11(12)16)14-9-19-15-5-3-2-4-13(15)18-14;1-7(6-10(13)14)8-4-3-5-9(12)11(8)15-2/h2-8,14,16H,9H2,1H3;3-5,7,12H,6H2,1-2H3,(H,13,14). The van der Waals surface area contributed by atoms with E-state index in [-0.39, 0.29) is 29.9 Å². The van der Waals surface area contributed by atoms with E-state index in [0.717, 1.165) is 22.0 Å². The molecule has 180 valence electrons. The number of aromatic hydroxyl groups is 2. The molecule has 2 atom stereocenters. The number of methoxy groups -OCH3 is 2. The molecule has 0 spiro atoms. The normalized spacial score (nSPS) is 15.1. The smallest absolute Gasteiger partial charge is 0.303 e. The monoisotopic (exact) mass is 484 g/mol. The van der Waals surface area contributed by atoms with Gasteiger partial charge < -0.3 is 29.5 Å². The number of thioether (sulfide) groups is 1. The van der Waals surface area contributed by atoms with Crippen molar-refractivity contribution in [2.75, 3.05) is 20.0 Å². The fourth-order valence-corrected chi connectivity index (χ4v) is 4.64. The van der Waals surface area contributed by atoms with Gasteiger partial charge in [0.05, 0.1) is 20.6 Å². The molecule has 0 amide bonds. The van der Waals surface area contributed by atoms with E-state index >= 15 is 0 Å². The van der Waals surface area contributed by atoms with E-state index in [2.05, 4.69) is 6.07 Å². The highest BCUT2D eigenvalue weighted by Crippen LogP contribution is 2.41. The maximum atomic E-state index is 10.6. The molecule has 3 aromatic carbocycles. The number of rotatable bonds is 6. The number of para-hydroxylation sites is 2. The molecule has 34 heavy (non-hydrogen) atoms. The van der Waals surface area contributed by atoms with Crippen molar-refractivity contribution in [2.24, 2.45) is 0 Å². The summed E-state index contributed by atoms with van der Waals surface area (Å²) in [5, 5.41) is 28.0. The van der Waals surface area contributed by atoms with Gasteiger partial charge in [-0.15, -0.1) is 11.8 Å². The first-order valence-electron chi connectivity index (χ1n) is 10.7. The van der Waals surface area contributed by atoms with E-state index in [1.165, 1.54) is 20.3 Å². The van der Waals surface area contributed by atoms with Crippen LogP contribution < -0.4 is 14.2 Å². The number of fused-ring (bicyclic) bond motifs is 1. The van der Waals surface area contributed by atoms with Crippen molar-refractivity contribution < 1.29 is 34.3 Å². The third kappa shape index (κ3) is 6.08. The molecule has 1 aliphatic rings. The minimum atomic E-state index is -0.868. The number of carbonyl (C=O) groups is 1. The zero-order chi connectivity index (χ0) is 24.7. The van der Waals surface area contributed by atoms with Crippen LogP contribution in [0.15, 0.2) is 65.6 Å². The van der Waals surface area contributed by atoms with E-state index in [1.807, 2.05) is 24.3 Å². The number of ether oxygens (including phenoxy) is 3. The van der Waals surface area contributed by atoms with Crippen LogP contribution in [0.2, 0.25) is 0 Å². The van der Waals surface area contributed by atoms with Crippen molar-refractivity contribution >= 4 is 17.7 Å². The lowest BCUT2D eigenvalue weighted by atomic mass is 9.96. The number of phenolic OH excluding ortho intramolecular Hbond substituents is 2. The Morgan fingerprint density at radius 1 is 1.06 bits per heavy atom. The molecule has 4 rings (SSSR count). The summed E-state index contributed by atoms with van der Waals surface area (Å²) in [6.07, 6.45) is -0.0310. The Kier molecular flexibility index (Phi) is 8.54. The van der Waals surface area contributed by atoms with Crippen LogP contribution in [0.4, 0.5) is 0 Å². The number of hydrogen-bond acceptors (Lipinski definition) is 7. The van der Waals surface area contributed by atoms with Gasteiger partial charge in [-0.05, 0) is 41.8 Å². The molecule has 0 radical (unpaired) electrons. The Morgan fingerprint density at radius 2 is 1.82 bits per heavy atom. The number of benzene rings is 3. The van der Waals surface area contributed by atoms with Crippen LogP contribution in [0.3, 0.4) is 0 Å². The highest BCUT2D eigenvalue weighted by molar-refractivity contribution is 7.99. The summed E-state index contributed by atoms with van der Waals surface area (Å²) in [6, 6.07) is 18.3. The number of phenols is 2. The second kappa shape index (κ2) is 11.6. The zero-order valence-corrected chi connectivity index (χ0v) is 20.0. The largest absolute Gasteiger partial charge is 0.504 e. The number of carboxylic acids is 1. The topological polar surface area (TPSA) is 105 Å². The number of hydrogen-bond donors (Lipinski definition) is 3. The van der Waals surface area contributed by atoms with Crippen molar-refractivity contribution in [1.82, 2.24) is 0 Å². The molecule has 0 saturated heterocycles. The summed E-state index contributed by atoms with van der Waals surface area (Å²) in [5.41, 5.74) is 1.67. The van der Waals surface area contributed by atoms with Crippen LogP contribution in [0, 0.1) is 0 Å². The Hall–Kier alpha value is -3.52. The predicted octanol–water partition coefficient (Wildman–Crippen LogP) is 5.61. The summed E-state index contributed by atoms with van der Waals surface area (Å²) in [5.74, 6) is 1.69. The lowest BCUT2D eigenvalue weighted by molar-refractivity contribution is -0.137. The Morgan fingerprint density at radius 3 is 2.50 bits per heavy atom. The maximum absolute atomic E-state index is 10.6. The van der Waals surface area contributed by atoms with Gasteiger partial charge >= 0.3 is 5.97 Å². The number of aliphatic carboxylic acids is 1.